The molecule has 1 aliphatic rings. The molecule has 0 heterocycles. The van der Waals surface area contributed by atoms with Crippen LogP contribution in [0, 0.1) is 0 Å². The zero-order valence-corrected chi connectivity index (χ0v) is 18.0. The van der Waals surface area contributed by atoms with Gasteiger partial charge in [0, 0.05) is 28.7 Å². The van der Waals surface area contributed by atoms with E-state index >= 15 is 0 Å². The van der Waals surface area contributed by atoms with Crippen LogP contribution in [0.3, 0.4) is 0 Å². The second-order valence-electron chi connectivity index (χ2n) is 7.43. The van der Waals surface area contributed by atoms with E-state index in [1.807, 2.05) is 36.4 Å². The number of nitrogens with one attached hydrogen (secondary N) is 1. The van der Waals surface area contributed by atoms with Gasteiger partial charge in [0.25, 0.3) is 0 Å². The molecule has 2 aromatic rings. The van der Waals surface area contributed by atoms with Gasteiger partial charge >= 0.3 is 0 Å². The molecule has 1 fully saturated rings. The van der Waals surface area contributed by atoms with E-state index in [1.54, 1.807) is 7.11 Å². The summed E-state index contributed by atoms with van der Waals surface area (Å²) in [4.78, 5) is 0. The summed E-state index contributed by atoms with van der Waals surface area (Å²) in [5.41, 5.74) is 2.08. The molecule has 0 aliphatic heterocycles. The van der Waals surface area contributed by atoms with Crippen LogP contribution in [-0.2, 0) is 13.2 Å². The zero-order valence-electron chi connectivity index (χ0n) is 16.5. The molecule has 0 atom stereocenters. The average Bonchev–Trinajstić information content (AvgIpc) is 2.67. The minimum Gasteiger partial charge on any atom is -0.493 e. The molecule has 0 bridgehead atoms. The molecule has 0 spiro atoms. The molecular formula is C23H29Cl2NO2. The third kappa shape index (κ3) is 6.30. The quantitative estimate of drug-likeness (QED) is 0.533. The molecule has 3 rings (SSSR count). The van der Waals surface area contributed by atoms with E-state index in [0.717, 1.165) is 17.7 Å². The number of halogens is 2. The fraction of sp³-hybridized carbons (Fsp3) is 0.478. The van der Waals surface area contributed by atoms with Crippen LogP contribution in [-0.4, -0.2) is 13.2 Å². The number of ether oxygens (including phenoxy) is 2. The lowest BCUT2D eigenvalue weighted by Gasteiger charge is -2.22. The highest BCUT2D eigenvalue weighted by Gasteiger charge is 2.14. The van der Waals surface area contributed by atoms with E-state index in [1.165, 1.54) is 44.9 Å². The summed E-state index contributed by atoms with van der Waals surface area (Å²) in [5, 5.41) is 5.10. The summed E-state index contributed by atoms with van der Waals surface area (Å²) >= 11 is 12.5. The van der Waals surface area contributed by atoms with Gasteiger partial charge in [0.1, 0.15) is 6.61 Å². The summed E-state index contributed by atoms with van der Waals surface area (Å²) in [6.07, 6.45) is 9.21. The van der Waals surface area contributed by atoms with Crippen molar-refractivity contribution >= 4 is 23.2 Å². The highest BCUT2D eigenvalue weighted by atomic mass is 35.5. The van der Waals surface area contributed by atoms with Crippen molar-refractivity contribution in [1.82, 2.24) is 5.32 Å². The number of hydrogen-bond acceptors (Lipinski definition) is 3. The molecule has 0 amide bonds. The molecule has 0 radical (unpaired) electrons. The van der Waals surface area contributed by atoms with Gasteiger partial charge in [0.15, 0.2) is 11.5 Å². The van der Waals surface area contributed by atoms with Gasteiger partial charge in [-0.3, -0.25) is 0 Å². The lowest BCUT2D eigenvalue weighted by Crippen LogP contribution is -2.29. The highest BCUT2D eigenvalue weighted by molar-refractivity contribution is 6.31. The van der Waals surface area contributed by atoms with Gasteiger partial charge < -0.3 is 14.8 Å². The molecule has 2 aromatic carbocycles. The number of benzene rings is 2. The van der Waals surface area contributed by atoms with E-state index in [4.69, 9.17) is 32.7 Å². The van der Waals surface area contributed by atoms with Crippen LogP contribution in [0.15, 0.2) is 36.4 Å². The van der Waals surface area contributed by atoms with E-state index in [-0.39, 0.29) is 0 Å². The van der Waals surface area contributed by atoms with Gasteiger partial charge in [-0.05, 0) is 42.2 Å². The standard InChI is InChI=1S/C23H29Cl2NO2/c1-27-22-13-18(15-26-20-7-5-3-2-4-6-8-20)21(25)14-23(22)28-16-17-9-11-19(24)12-10-17/h9-14,20,26H,2-8,15-16H2,1H3. The van der Waals surface area contributed by atoms with Crippen molar-refractivity contribution in [1.29, 1.82) is 0 Å². The van der Waals surface area contributed by atoms with Crippen LogP contribution in [0.4, 0.5) is 0 Å². The third-order valence-corrected chi connectivity index (χ3v) is 5.93. The maximum absolute atomic E-state index is 6.54. The van der Waals surface area contributed by atoms with Crippen LogP contribution >= 0.6 is 23.2 Å². The smallest absolute Gasteiger partial charge is 0.163 e. The summed E-state index contributed by atoms with van der Waals surface area (Å²) < 4.78 is 11.5. The maximum atomic E-state index is 6.54. The molecule has 1 aliphatic carbocycles. The van der Waals surface area contributed by atoms with Crippen LogP contribution < -0.4 is 14.8 Å². The van der Waals surface area contributed by atoms with Gasteiger partial charge in [-0.15, -0.1) is 0 Å². The topological polar surface area (TPSA) is 30.5 Å². The lowest BCUT2D eigenvalue weighted by atomic mass is 9.96. The number of rotatable bonds is 7. The van der Waals surface area contributed by atoms with Crippen molar-refractivity contribution in [2.24, 2.45) is 0 Å². The fourth-order valence-corrected chi connectivity index (χ4v) is 3.99. The van der Waals surface area contributed by atoms with E-state index in [2.05, 4.69) is 5.32 Å². The Balaban J connectivity index is 1.62. The Morgan fingerprint density at radius 3 is 2.29 bits per heavy atom. The van der Waals surface area contributed by atoms with Crippen molar-refractivity contribution in [2.45, 2.75) is 64.1 Å². The summed E-state index contributed by atoms with van der Waals surface area (Å²) in [7, 11) is 1.66. The first-order valence-electron chi connectivity index (χ1n) is 10.1. The van der Waals surface area contributed by atoms with Crippen LogP contribution in [0.1, 0.15) is 56.1 Å². The average molecular weight is 422 g/mol. The van der Waals surface area contributed by atoms with Gasteiger partial charge in [-0.1, -0.05) is 67.4 Å². The Kier molecular flexibility index (Phi) is 8.32. The molecule has 152 valence electrons. The minimum absolute atomic E-state index is 0.434. The summed E-state index contributed by atoms with van der Waals surface area (Å²) in [5.74, 6) is 1.35. The molecule has 28 heavy (non-hydrogen) atoms. The molecular weight excluding hydrogens is 393 g/mol. The molecule has 0 aromatic heterocycles. The van der Waals surface area contributed by atoms with Gasteiger partial charge in [-0.25, -0.2) is 0 Å². The monoisotopic (exact) mass is 421 g/mol. The normalized spacial score (nSPS) is 15.7. The first-order valence-corrected chi connectivity index (χ1v) is 10.9. The van der Waals surface area contributed by atoms with Crippen molar-refractivity contribution in [3.8, 4) is 11.5 Å². The second-order valence-corrected chi connectivity index (χ2v) is 8.28. The second kappa shape index (κ2) is 10.9. The molecule has 1 saturated carbocycles. The first-order chi connectivity index (χ1) is 13.7. The molecule has 5 heteroatoms. The van der Waals surface area contributed by atoms with Crippen LogP contribution in [0.25, 0.3) is 0 Å². The Labute approximate surface area is 178 Å². The third-order valence-electron chi connectivity index (χ3n) is 5.33. The molecule has 0 saturated heterocycles. The van der Waals surface area contributed by atoms with Gasteiger partial charge in [0.05, 0.1) is 7.11 Å². The van der Waals surface area contributed by atoms with Gasteiger partial charge in [0.2, 0.25) is 0 Å². The Hall–Kier alpha value is -1.42. The predicted molar refractivity (Wildman–Crippen MR) is 117 cm³/mol. The zero-order chi connectivity index (χ0) is 19.8. The number of hydrogen-bond donors (Lipinski definition) is 1. The van der Waals surface area contributed by atoms with E-state index in [0.29, 0.717) is 34.2 Å². The van der Waals surface area contributed by atoms with E-state index < -0.39 is 0 Å². The summed E-state index contributed by atoms with van der Waals surface area (Å²) in [6, 6.07) is 12.0. The molecule has 1 N–H and O–H groups in total. The van der Waals surface area contributed by atoms with Crippen molar-refractivity contribution in [3.05, 3.63) is 57.6 Å². The summed E-state index contributed by atoms with van der Waals surface area (Å²) in [6.45, 7) is 1.18. The van der Waals surface area contributed by atoms with Crippen molar-refractivity contribution < 1.29 is 9.47 Å². The maximum Gasteiger partial charge on any atom is 0.163 e. The molecule has 0 unspecified atom stereocenters. The lowest BCUT2D eigenvalue weighted by molar-refractivity contribution is 0.284. The van der Waals surface area contributed by atoms with Crippen LogP contribution in [0.2, 0.25) is 10.0 Å². The van der Waals surface area contributed by atoms with E-state index in [9.17, 15) is 0 Å². The minimum atomic E-state index is 0.434. The Morgan fingerprint density at radius 1 is 0.929 bits per heavy atom. The number of methoxy groups -OCH3 is 1. The van der Waals surface area contributed by atoms with Crippen LogP contribution in [0.5, 0.6) is 11.5 Å². The Bertz CT molecular complexity index is 741. The van der Waals surface area contributed by atoms with Crippen molar-refractivity contribution in [2.75, 3.05) is 7.11 Å². The predicted octanol–water partition coefficient (Wildman–Crippen LogP) is 6.78. The largest absolute Gasteiger partial charge is 0.493 e. The fourth-order valence-electron chi connectivity index (χ4n) is 3.64. The highest BCUT2D eigenvalue weighted by Crippen LogP contribution is 2.34. The molecule has 3 nitrogen and oxygen atoms in total. The SMILES string of the molecule is COc1cc(CNC2CCCCCCC2)c(Cl)cc1OCc1ccc(Cl)cc1. The van der Waals surface area contributed by atoms with Gasteiger partial charge in [-0.2, -0.15) is 0 Å². The van der Waals surface area contributed by atoms with Crippen molar-refractivity contribution in [3.63, 3.8) is 0 Å². The Morgan fingerprint density at radius 2 is 1.61 bits per heavy atom. The first kappa shape index (κ1) is 21.3.